The molecule has 0 amide bonds. The van der Waals surface area contributed by atoms with Gasteiger partial charge in [0.05, 0.1) is 11.0 Å². The molecule has 1 aromatic rings. The second-order valence-electron chi connectivity index (χ2n) is 3.29. The topological polar surface area (TPSA) is 84.0 Å². The SMILES string of the molecule is Cc1c(N)cccc1S(=O)(=O)C(C)C#N. The summed E-state index contributed by atoms with van der Waals surface area (Å²) in [5.41, 5.74) is 6.53. The van der Waals surface area contributed by atoms with E-state index in [1.807, 2.05) is 0 Å². The molecule has 0 fully saturated rings. The van der Waals surface area contributed by atoms with Crippen molar-refractivity contribution in [1.82, 2.24) is 0 Å². The molecule has 0 radical (unpaired) electrons. The number of anilines is 1. The summed E-state index contributed by atoms with van der Waals surface area (Å²) < 4.78 is 23.7. The van der Waals surface area contributed by atoms with Crippen molar-refractivity contribution < 1.29 is 8.42 Å². The minimum absolute atomic E-state index is 0.136. The number of hydrogen-bond acceptors (Lipinski definition) is 4. The van der Waals surface area contributed by atoms with E-state index in [0.717, 1.165) is 0 Å². The molecule has 1 rings (SSSR count). The molecule has 80 valence electrons. The summed E-state index contributed by atoms with van der Waals surface area (Å²) in [6.07, 6.45) is 0. The number of nitrogen functional groups attached to an aromatic ring is 1. The average Bonchev–Trinajstić information content (AvgIpc) is 2.20. The van der Waals surface area contributed by atoms with Crippen molar-refractivity contribution in [3.8, 4) is 6.07 Å². The Morgan fingerprint density at radius 2 is 2.07 bits per heavy atom. The zero-order chi connectivity index (χ0) is 11.6. The highest BCUT2D eigenvalue weighted by atomic mass is 32.2. The molecular formula is C10H12N2O2S. The smallest absolute Gasteiger partial charge is 0.194 e. The molecule has 2 N–H and O–H groups in total. The fraction of sp³-hybridized carbons (Fsp3) is 0.300. The molecule has 0 aliphatic heterocycles. The van der Waals surface area contributed by atoms with Gasteiger partial charge in [-0.25, -0.2) is 8.42 Å². The average molecular weight is 224 g/mol. The van der Waals surface area contributed by atoms with Crippen LogP contribution in [0.25, 0.3) is 0 Å². The molecule has 0 aliphatic rings. The molecule has 15 heavy (non-hydrogen) atoms. The molecule has 5 heteroatoms. The summed E-state index contributed by atoms with van der Waals surface area (Å²) in [5.74, 6) is 0. The Bertz CT molecular complexity index is 515. The van der Waals surface area contributed by atoms with Gasteiger partial charge in [0.1, 0.15) is 5.25 Å². The van der Waals surface area contributed by atoms with E-state index in [2.05, 4.69) is 0 Å². The lowest BCUT2D eigenvalue weighted by atomic mass is 10.2. The number of rotatable bonds is 2. The van der Waals surface area contributed by atoms with Gasteiger partial charge in [-0.1, -0.05) is 6.07 Å². The van der Waals surface area contributed by atoms with E-state index in [1.165, 1.54) is 13.0 Å². The molecular weight excluding hydrogens is 212 g/mol. The first-order valence-electron chi connectivity index (χ1n) is 4.40. The number of sulfone groups is 1. The lowest BCUT2D eigenvalue weighted by molar-refractivity contribution is 0.591. The number of nitrogens with two attached hydrogens (primary N) is 1. The van der Waals surface area contributed by atoms with E-state index in [0.29, 0.717) is 11.3 Å². The van der Waals surface area contributed by atoms with Crippen LogP contribution in [0.1, 0.15) is 12.5 Å². The summed E-state index contributed by atoms with van der Waals surface area (Å²) >= 11 is 0. The van der Waals surface area contributed by atoms with Crippen molar-refractivity contribution in [2.75, 3.05) is 5.73 Å². The third-order valence-electron chi connectivity index (χ3n) is 2.28. The van der Waals surface area contributed by atoms with Crippen LogP contribution in [0.4, 0.5) is 5.69 Å². The molecule has 0 aromatic heterocycles. The fourth-order valence-electron chi connectivity index (χ4n) is 1.20. The standard InChI is InChI=1S/C10H12N2O2S/c1-7(6-11)15(13,14)10-5-3-4-9(12)8(10)2/h3-5,7H,12H2,1-2H3. The van der Waals surface area contributed by atoms with Crippen LogP contribution in [-0.4, -0.2) is 13.7 Å². The lowest BCUT2D eigenvalue weighted by Gasteiger charge is -2.10. The number of nitriles is 1. The second kappa shape index (κ2) is 3.91. The normalized spacial score (nSPS) is 13.1. The second-order valence-corrected chi connectivity index (χ2v) is 5.52. The maximum atomic E-state index is 11.9. The van der Waals surface area contributed by atoms with Crippen LogP contribution < -0.4 is 5.73 Å². The molecule has 4 nitrogen and oxygen atoms in total. The first kappa shape index (κ1) is 11.5. The summed E-state index contributed by atoms with van der Waals surface area (Å²) in [4.78, 5) is 0.136. The van der Waals surface area contributed by atoms with Gasteiger partial charge in [0, 0.05) is 5.69 Å². The highest BCUT2D eigenvalue weighted by molar-refractivity contribution is 7.92. The Labute approximate surface area is 89.2 Å². The Kier molecular flexibility index (Phi) is 3.01. The Morgan fingerprint density at radius 1 is 1.47 bits per heavy atom. The first-order valence-corrected chi connectivity index (χ1v) is 5.94. The molecule has 0 aliphatic carbocycles. The van der Waals surface area contributed by atoms with Gasteiger partial charge in [-0.15, -0.1) is 0 Å². The van der Waals surface area contributed by atoms with Gasteiger partial charge >= 0.3 is 0 Å². The Balaban J connectivity index is 3.43. The van der Waals surface area contributed by atoms with E-state index in [9.17, 15) is 8.42 Å². The van der Waals surface area contributed by atoms with Crippen molar-refractivity contribution in [2.45, 2.75) is 24.0 Å². The maximum absolute atomic E-state index is 11.9. The Morgan fingerprint density at radius 3 is 2.60 bits per heavy atom. The van der Waals surface area contributed by atoms with Gasteiger partial charge < -0.3 is 5.73 Å². The third-order valence-corrected chi connectivity index (χ3v) is 4.37. The molecule has 1 aromatic carbocycles. The number of nitrogens with zero attached hydrogens (tertiary/aromatic N) is 1. The number of hydrogen-bond donors (Lipinski definition) is 1. The van der Waals surface area contributed by atoms with E-state index < -0.39 is 15.1 Å². The molecule has 0 bridgehead atoms. The zero-order valence-corrected chi connectivity index (χ0v) is 9.38. The summed E-state index contributed by atoms with van der Waals surface area (Å²) in [6, 6.07) is 6.39. The summed E-state index contributed by atoms with van der Waals surface area (Å²) in [5, 5.41) is 7.57. The van der Waals surface area contributed by atoms with Crippen LogP contribution in [0.2, 0.25) is 0 Å². The predicted octanol–water partition coefficient (Wildman–Crippen LogP) is 1.26. The van der Waals surface area contributed by atoms with E-state index in [-0.39, 0.29) is 4.90 Å². The molecule has 1 atom stereocenters. The zero-order valence-electron chi connectivity index (χ0n) is 8.56. The highest BCUT2D eigenvalue weighted by Gasteiger charge is 2.25. The van der Waals surface area contributed by atoms with Gasteiger partial charge in [-0.05, 0) is 31.5 Å². The molecule has 1 unspecified atom stereocenters. The van der Waals surface area contributed by atoms with Crippen LogP contribution in [0.3, 0.4) is 0 Å². The quantitative estimate of drug-likeness (QED) is 0.766. The predicted molar refractivity (Wildman–Crippen MR) is 57.9 cm³/mol. The van der Waals surface area contributed by atoms with Crippen LogP contribution in [0.15, 0.2) is 23.1 Å². The molecule has 0 heterocycles. The largest absolute Gasteiger partial charge is 0.398 e. The van der Waals surface area contributed by atoms with Gasteiger partial charge in [0.25, 0.3) is 0 Å². The molecule has 0 saturated carbocycles. The number of benzene rings is 1. The van der Waals surface area contributed by atoms with Gasteiger partial charge in [0.15, 0.2) is 9.84 Å². The third kappa shape index (κ3) is 1.95. The molecule has 0 saturated heterocycles. The van der Waals surface area contributed by atoms with E-state index >= 15 is 0 Å². The van der Waals surface area contributed by atoms with Gasteiger partial charge in [0.2, 0.25) is 0 Å². The highest BCUT2D eigenvalue weighted by Crippen LogP contribution is 2.23. The fourth-order valence-corrected chi connectivity index (χ4v) is 2.53. The maximum Gasteiger partial charge on any atom is 0.194 e. The van der Waals surface area contributed by atoms with Crippen molar-refractivity contribution >= 4 is 15.5 Å². The van der Waals surface area contributed by atoms with Gasteiger partial charge in [-0.2, -0.15) is 5.26 Å². The van der Waals surface area contributed by atoms with E-state index in [1.54, 1.807) is 25.1 Å². The van der Waals surface area contributed by atoms with Crippen molar-refractivity contribution in [3.63, 3.8) is 0 Å². The van der Waals surface area contributed by atoms with Crippen LogP contribution in [-0.2, 0) is 9.84 Å². The lowest BCUT2D eigenvalue weighted by Crippen LogP contribution is -2.17. The summed E-state index contributed by atoms with van der Waals surface area (Å²) in [7, 11) is -3.58. The minimum atomic E-state index is -3.58. The Hall–Kier alpha value is -1.54. The van der Waals surface area contributed by atoms with Crippen molar-refractivity contribution in [1.29, 1.82) is 5.26 Å². The van der Waals surface area contributed by atoms with Crippen LogP contribution in [0, 0.1) is 18.3 Å². The van der Waals surface area contributed by atoms with Crippen molar-refractivity contribution in [3.05, 3.63) is 23.8 Å². The van der Waals surface area contributed by atoms with Gasteiger partial charge in [-0.3, -0.25) is 0 Å². The molecule has 0 spiro atoms. The monoisotopic (exact) mass is 224 g/mol. The van der Waals surface area contributed by atoms with Crippen LogP contribution in [0.5, 0.6) is 0 Å². The first-order chi connectivity index (χ1) is 6.91. The van der Waals surface area contributed by atoms with Crippen LogP contribution >= 0.6 is 0 Å². The minimum Gasteiger partial charge on any atom is -0.398 e. The van der Waals surface area contributed by atoms with Crippen molar-refractivity contribution in [2.24, 2.45) is 0 Å². The summed E-state index contributed by atoms with van der Waals surface area (Å²) in [6.45, 7) is 2.99. The van der Waals surface area contributed by atoms with E-state index in [4.69, 9.17) is 11.0 Å².